The molecule has 0 unspecified atom stereocenters. The summed E-state index contributed by atoms with van der Waals surface area (Å²) in [6, 6.07) is 5.52. The van der Waals surface area contributed by atoms with E-state index in [2.05, 4.69) is 10.3 Å². The Labute approximate surface area is 98.5 Å². The van der Waals surface area contributed by atoms with Crippen LogP contribution in [-0.4, -0.2) is 37.3 Å². The number of rotatable bonds is 5. The molecule has 0 amide bonds. The topological polar surface area (TPSA) is 82.3 Å². The van der Waals surface area contributed by atoms with E-state index in [1.807, 2.05) is 0 Å². The Hall–Kier alpha value is -1.54. The maximum Gasteiger partial charge on any atom is 0.266 e. The Balaban J connectivity index is 2.54. The van der Waals surface area contributed by atoms with Crippen molar-refractivity contribution in [3.63, 3.8) is 0 Å². The van der Waals surface area contributed by atoms with E-state index in [1.54, 1.807) is 6.07 Å². The first-order chi connectivity index (χ1) is 7.87. The average Bonchev–Trinajstić information content (AvgIpc) is 2.23. The highest BCUT2D eigenvalue weighted by Gasteiger charge is 2.05. The highest BCUT2D eigenvalue weighted by Crippen LogP contribution is 2.13. The third-order valence-corrected chi connectivity index (χ3v) is 2.49. The number of hydrogen-bond donors (Lipinski definition) is 1. The molecule has 0 heterocycles. The Morgan fingerprint density at radius 3 is 2.76 bits per heavy atom. The summed E-state index contributed by atoms with van der Waals surface area (Å²) in [5.74, 6) is -0.867. The van der Waals surface area contributed by atoms with E-state index in [-0.39, 0.29) is 6.54 Å². The SMILES string of the molecule is CN(CCS(=O)(=O)O)N=Nc1cccc(F)c1. The van der Waals surface area contributed by atoms with Gasteiger partial charge in [-0.15, -0.1) is 5.11 Å². The van der Waals surface area contributed by atoms with Gasteiger partial charge in [0.25, 0.3) is 10.1 Å². The molecule has 0 fully saturated rings. The van der Waals surface area contributed by atoms with Crippen LogP contribution in [0.15, 0.2) is 34.6 Å². The summed E-state index contributed by atoms with van der Waals surface area (Å²) in [6.07, 6.45) is 0. The lowest BCUT2D eigenvalue weighted by atomic mass is 10.3. The normalized spacial score (nSPS) is 11.9. The number of benzene rings is 1. The number of hydrogen-bond acceptors (Lipinski definition) is 4. The largest absolute Gasteiger partial charge is 0.285 e. The van der Waals surface area contributed by atoms with Crippen molar-refractivity contribution in [3.8, 4) is 0 Å². The molecule has 8 heteroatoms. The van der Waals surface area contributed by atoms with Crippen LogP contribution in [0.4, 0.5) is 10.1 Å². The van der Waals surface area contributed by atoms with E-state index in [4.69, 9.17) is 4.55 Å². The van der Waals surface area contributed by atoms with Gasteiger partial charge in [-0.3, -0.25) is 9.56 Å². The summed E-state index contributed by atoms with van der Waals surface area (Å²) < 4.78 is 42.2. The van der Waals surface area contributed by atoms with E-state index < -0.39 is 21.7 Å². The van der Waals surface area contributed by atoms with Gasteiger partial charge in [-0.25, -0.2) is 4.39 Å². The third-order valence-electron chi connectivity index (χ3n) is 1.79. The zero-order chi connectivity index (χ0) is 12.9. The number of nitrogens with zero attached hydrogens (tertiary/aromatic N) is 3. The Morgan fingerprint density at radius 2 is 2.18 bits per heavy atom. The molecule has 1 aromatic rings. The van der Waals surface area contributed by atoms with Gasteiger partial charge < -0.3 is 0 Å². The smallest absolute Gasteiger partial charge is 0.266 e. The molecule has 0 aliphatic rings. The van der Waals surface area contributed by atoms with Crippen molar-refractivity contribution < 1.29 is 17.4 Å². The van der Waals surface area contributed by atoms with Gasteiger partial charge in [0.1, 0.15) is 5.82 Å². The zero-order valence-corrected chi connectivity index (χ0v) is 9.93. The fourth-order valence-corrected chi connectivity index (χ4v) is 1.45. The second kappa shape index (κ2) is 5.69. The molecule has 0 bridgehead atoms. The van der Waals surface area contributed by atoms with E-state index in [1.165, 1.54) is 30.3 Å². The summed E-state index contributed by atoms with van der Waals surface area (Å²) in [6.45, 7) is -0.00233. The second-order valence-corrected chi connectivity index (χ2v) is 4.91. The summed E-state index contributed by atoms with van der Waals surface area (Å²) in [5.41, 5.74) is 0.323. The Bertz CT molecular complexity index is 504. The van der Waals surface area contributed by atoms with Gasteiger partial charge in [0.2, 0.25) is 0 Å². The van der Waals surface area contributed by atoms with Gasteiger partial charge in [-0.1, -0.05) is 11.3 Å². The summed E-state index contributed by atoms with van der Waals surface area (Å²) in [7, 11) is -2.52. The first kappa shape index (κ1) is 13.5. The summed E-state index contributed by atoms with van der Waals surface area (Å²) in [5, 5.41) is 8.59. The molecule has 6 nitrogen and oxygen atoms in total. The molecule has 0 aliphatic carbocycles. The van der Waals surface area contributed by atoms with Crippen LogP contribution >= 0.6 is 0 Å². The predicted octanol–water partition coefficient (Wildman–Crippen LogP) is 1.64. The molecule has 0 aliphatic heterocycles. The third kappa shape index (κ3) is 5.93. The van der Waals surface area contributed by atoms with Crippen LogP contribution in [0.1, 0.15) is 0 Å². The minimum absolute atomic E-state index is 0.00233. The second-order valence-electron chi connectivity index (χ2n) is 3.34. The quantitative estimate of drug-likeness (QED) is 0.496. The highest BCUT2D eigenvalue weighted by molar-refractivity contribution is 7.85. The van der Waals surface area contributed by atoms with Crippen molar-refractivity contribution >= 4 is 15.8 Å². The molecule has 0 aromatic heterocycles. The summed E-state index contributed by atoms with van der Waals surface area (Å²) in [4.78, 5) is 0. The van der Waals surface area contributed by atoms with Crippen LogP contribution in [0.3, 0.4) is 0 Å². The molecule has 17 heavy (non-hydrogen) atoms. The predicted molar refractivity (Wildman–Crippen MR) is 60.0 cm³/mol. The van der Waals surface area contributed by atoms with Crippen LogP contribution in [0.25, 0.3) is 0 Å². The maximum atomic E-state index is 12.8. The fraction of sp³-hybridized carbons (Fsp3) is 0.333. The zero-order valence-electron chi connectivity index (χ0n) is 9.12. The monoisotopic (exact) mass is 261 g/mol. The minimum atomic E-state index is -4.01. The van der Waals surface area contributed by atoms with Crippen molar-refractivity contribution in [3.05, 3.63) is 30.1 Å². The van der Waals surface area contributed by atoms with Crippen molar-refractivity contribution in [1.82, 2.24) is 5.01 Å². The molecular weight excluding hydrogens is 249 g/mol. The first-order valence-electron chi connectivity index (χ1n) is 4.70. The molecular formula is C9H12FN3O3S. The Morgan fingerprint density at radius 1 is 1.47 bits per heavy atom. The van der Waals surface area contributed by atoms with Crippen molar-refractivity contribution in [1.29, 1.82) is 0 Å². The molecule has 94 valence electrons. The lowest BCUT2D eigenvalue weighted by Gasteiger charge is -2.09. The standard InChI is InChI=1S/C9H12FN3O3S/c1-13(5-6-17(14,15)16)12-11-9-4-2-3-8(10)7-9/h2-4,7H,5-6H2,1H3,(H,14,15,16). The van der Waals surface area contributed by atoms with E-state index in [0.29, 0.717) is 5.69 Å². The molecule has 1 rings (SSSR count). The summed E-state index contributed by atoms with van der Waals surface area (Å²) >= 11 is 0. The maximum absolute atomic E-state index is 12.8. The lowest BCUT2D eigenvalue weighted by molar-refractivity contribution is 0.346. The highest BCUT2D eigenvalue weighted by atomic mass is 32.2. The van der Waals surface area contributed by atoms with Gasteiger partial charge in [0.15, 0.2) is 0 Å². The minimum Gasteiger partial charge on any atom is -0.285 e. The number of halogens is 1. The van der Waals surface area contributed by atoms with Gasteiger partial charge in [-0.2, -0.15) is 8.42 Å². The molecule has 0 saturated heterocycles. The molecule has 0 spiro atoms. The van der Waals surface area contributed by atoms with Crippen LogP contribution in [-0.2, 0) is 10.1 Å². The molecule has 0 saturated carbocycles. The van der Waals surface area contributed by atoms with Crippen LogP contribution in [0, 0.1) is 5.82 Å². The van der Waals surface area contributed by atoms with Gasteiger partial charge >= 0.3 is 0 Å². The van der Waals surface area contributed by atoms with Gasteiger partial charge in [-0.05, 0) is 12.1 Å². The van der Waals surface area contributed by atoms with Crippen molar-refractivity contribution in [2.45, 2.75) is 0 Å². The van der Waals surface area contributed by atoms with Crippen molar-refractivity contribution in [2.75, 3.05) is 19.3 Å². The fourth-order valence-electron chi connectivity index (χ4n) is 0.959. The van der Waals surface area contributed by atoms with Crippen molar-refractivity contribution in [2.24, 2.45) is 10.3 Å². The van der Waals surface area contributed by atoms with E-state index in [9.17, 15) is 12.8 Å². The van der Waals surface area contributed by atoms with Gasteiger partial charge in [0.05, 0.1) is 18.0 Å². The lowest BCUT2D eigenvalue weighted by Crippen LogP contribution is -2.20. The Kier molecular flexibility index (Phi) is 4.53. The molecule has 0 radical (unpaired) electrons. The average molecular weight is 261 g/mol. The van der Waals surface area contributed by atoms with Gasteiger partial charge in [0, 0.05) is 13.1 Å². The molecule has 1 aromatic carbocycles. The van der Waals surface area contributed by atoms with Crippen LogP contribution < -0.4 is 0 Å². The van der Waals surface area contributed by atoms with Crippen LogP contribution in [0.5, 0.6) is 0 Å². The first-order valence-corrected chi connectivity index (χ1v) is 6.31. The molecule has 0 atom stereocenters. The molecule has 1 N–H and O–H groups in total. The van der Waals surface area contributed by atoms with E-state index >= 15 is 0 Å². The van der Waals surface area contributed by atoms with Crippen LogP contribution in [0.2, 0.25) is 0 Å². The van der Waals surface area contributed by atoms with E-state index in [0.717, 1.165) is 0 Å².